The van der Waals surface area contributed by atoms with Crippen LogP contribution in [0.15, 0.2) is 48.5 Å². The van der Waals surface area contributed by atoms with Crippen LogP contribution in [0, 0.1) is 30.6 Å². The van der Waals surface area contributed by atoms with Gasteiger partial charge in [-0.25, -0.2) is 0 Å². The zero-order valence-corrected chi connectivity index (χ0v) is 13.5. The van der Waals surface area contributed by atoms with Crippen LogP contribution < -0.4 is 0 Å². The predicted octanol–water partition coefficient (Wildman–Crippen LogP) is 5.53. The summed E-state index contributed by atoms with van der Waals surface area (Å²) in [6.07, 6.45) is 5.19. The number of rotatable bonds is 1. The molecule has 0 aliphatic heterocycles. The fourth-order valence-corrected chi connectivity index (χ4v) is 2.97. The first-order chi connectivity index (χ1) is 10.7. The highest BCUT2D eigenvalue weighted by Gasteiger charge is 2.19. The minimum atomic E-state index is 0.892. The maximum Gasteiger partial charge on any atom is 0.0249 e. The minimum Gasteiger partial charge on any atom is -0.0625 e. The Morgan fingerprint density at radius 3 is 1.82 bits per heavy atom. The highest BCUT2D eigenvalue weighted by Crippen LogP contribution is 2.34. The largest absolute Gasteiger partial charge is 0.0625 e. The standard InChI is InChI=1S/C22H23/c1-17-3-7-19(8-4-17)9-10-20-11-15-22(16-12-20)21-13-5-18(2)6-14-21/h3-4,7-8,11-12,15-16,18H,5-6,13-14H2,1-2H3. The Kier molecular flexibility index (Phi) is 4.64. The maximum atomic E-state index is 3.26. The molecule has 0 unspecified atom stereocenters. The maximum absolute atomic E-state index is 3.26. The lowest BCUT2D eigenvalue weighted by molar-refractivity contribution is 0.416. The van der Waals surface area contributed by atoms with E-state index in [0.717, 1.165) is 17.0 Å². The molecule has 0 N–H and O–H groups in total. The third-order valence-electron chi connectivity index (χ3n) is 4.57. The molecule has 1 fully saturated rings. The molecule has 2 aromatic rings. The van der Waals surface area contributed by atoms with Crippen molar-refractivity contribution >= 4 is 0 Å². The third kappa shape index (κ3) is 3.80. The lowest BCUT2D eigenvalue weighted by Gasteiger charge is -2.25. The van der Waals surface area contributed by atoms with E-state index in [1.165, 1.54) is 36.8 Å². The molecule has 0 bridgehead atoms. The lowest BCUT2D eigenvalue weighted by Crippen LogP contribution is -2.11. The van der Waals surface area contributed by atoms with Crippen molar-refractivity contribution in [1.82, 2.24) is 0 Å². The van der Waals surface area contributed by atoms with Gasteiger partial charge in [0.25, 0.3) is 0 Å². The van der Waals surface area contributed by atoms with Gasteiger partial charge in [0, 0.05) is 17.0 Å². The lowest BCUT2D eigenvalue weighted by atomic mass is 9.79. The first-order valence-corrected chi connectivity index (χ1v) is 8.24. The topological polar surface area (TPSA) is 0 Å². The van der Waals surface area contributed by atoms with Gasteiger partial charge in [0.1, 0.15) is 0 Å². The van der Waals surface area contributed by atoms with Gasteiger partial charge in [-0.3, -0.25) is 0 Å². The van der Waals surface area contributed by atoms with Gasteiger partial charge in [-0.15, -0.1) is 0 Å². The fraction of sp³-hybridized carbons (Fsp3) is 0.318. The zero-order chi connectivity index (χ0) is 15.4. The van der Waals surface area contributed by atoms with E-state index in [4.69, 9.17) is 0 Å². The summed E-state index contributed by atoms with van der Waals surface area (Å²) < 4.78 is 0. The van der Waals surface area contributed by atoms with Crippen molar-refractivity contribution in [3.8, 4) is 11.8 Å². The number of benzene rings is 2. The first kappa shape index (κ1) is 14.9. The number of aryl methyl sites for hydroxylation is 1. The third-order valence-corrected chi connectivity index (χ3v) is 4.57. The number of hydrogen-bond donors (Lipinski definition) is 0. The molecule has 1 aliphatic rings. The second-order valence-electron chi connectivity index (χ2n) is 6.48. The normalized spacial score (nSPS) is 16.1. The summed E-state index contributed by atoms with van der Waals surface area (Å²) >= 11 is 0. The molecule has 0 aromatic heterocycles. The van der Waals surface area contributed by atoms with Gasteiger partial charge < -0.3 is 0 Å². The van der Waals surface area contributed by atoms with Crippen molar-refractivity contribution in [3.63, 3.8) is 0 Å². The fourth-order valence-electron chi connectivity index (χ4n) is 2.97. The van der Waals surface area contributed by atoms with E-state index < -0.39 is 0 Å². The molecule has 0 heterocycles. The highest BCUT2D eigenvalue weighted by molar-refractivity contribution is 5.45. The van der Waals surface area contributed by atoms with Crippen LogP contribution in [0.25, 0.3) is 0 Å². The summed E-state index contributed by atoms with van der Waals surface area (Å²) in [7, 11) is 0. The van der Waals surface area contributed by atoms with Gasteiger partial charge in [-0.05, 0) is 68.4 Å². The molecule has 111 valence electrons. The molecule has 1 saturated carbocycles. The summed E-state index contributed by atoms with van der Waals surface area (Å²) in [5.41, 5.74) is 4.85. The van der Waals surface area contributed by atoms with Gasteiger partial charge in [0.2, 0.25) is 0 Å². The average Bonchev–Trinajstić information content (AvgIpc) is 2.56. The number of hydrogen-bond acceptors (Lipinski definition) is 0. The van der Waals surface area contributed by atoms with Crippen LogP contribution in [0.1, 0.15) is 54.9 Å². The van der Waals surface area contributed by atoms with Gasteiger partial charge >= 0.3 is 0 Å². The van der Waals surface area contributed by atoms with Gasteiger partial charge in [-0.2, -0.15) is 0 Å². The van der Waals surface area contributed by atoms with E-state index in [2.05, 4.69) is 74.2 Å². The van der Waals surface area contributed by atoms with Crippen LogP contribution in [-0.2, 0) is 0 Å². The molecule has 0 spiro atoms. The Morgan fingerprint density at radius 2 is 1.27 bits per heavy atom. The second-order valence-corrected chi connectivity index (χ2v) is 6.48. The Morgan fingerprint density at radius 1 is 0.773 bits per heavy atom. The molecular weight excluding hydrogens is 264 g/mol. The van der Waals surface area contributed by atoms with Gasteiger partial charge in [0.15, 0.2) is 0 Å². The molecule has 0 nitrogen and oxygen atoms in total. The van der Waals surface area contributed by atoms with E-state index in [0.29, 0.717) is 0 Å². The van der Waals surface area contributed by atoms with Gasteiger partial charge in [-0.1, -0.05) is 48.6 Å². The van der Waals surface area contributed by atoms with Gasteiger partial charge in [0.05, 0.1) is 0 Å². The monoisotopic (exact) mass is 287 g/mol. The molecule has 0 amide bonds. The van der Waals surface area contributed by atoms with Crippen LogP contribution >= 0.6 is 0 Å². The molecule has 2 aromatic carbocycles. The van der Waals surface area contributed by atoms with Crippen LogP contribution in [0.5, 0.6) is 0 Å². The van der Waals surface area contributed by atoms with Crippen molar-refractivity contribution in [1.29, 1.82) is 0 Å². The Labute approximate surface area is 134 Å². The molecular formula is C22H23. The Balaban J connectivity index is 1.68. The quantitative estimate of drug-likeness (QED) is 0.605. The van der Waals surface area contributed by atoms with Crippen LogP contribution in [0.2, 0.25) is 0 Å². The molecule has 0 saturated heterocycles. The van der Waals surface area contributed by atoms with Crippen molar-refractivity contribution in [2.24, 2.45) is 5.92 Å². The van der Waals surface area contributed by atoms with E-state index in [1.807, 2.05) is 0 Å². The van der Waals surface area contributed by atoms with E-state index in [1.54, 1.807) is 5.92 Å². The Bertz CT molecular complexity index is 657. The molecule has 1 aliphatic carbocycles. The van der Waals surface area contributed by atoms with E-state index in [9.17, 15) is 0 Å². The summed E-state index contributed by atoms with van der Waals surface area (Å²) in [5.74, 6) is 9.01. The second kappa shape index (κ2) is 6.84. The van der Waals surface area contributed by atoms with E-state index >= 15 is 0 Å². The van der Waals surface area contributed by atoms with E-state index in [-0.39, 0.29) is 0 Å². The molecule has 22 heavy (non-hydrogen) atoms. The summed E-state index contributed by atoms with van der Waals surface area (Å²) in [4.78, 5) is 0. The van der Waals surface area contributed by atoms with Crippen molar-refractivity contribution < 1.29 is 0 Å². The average molecular weight is 287 g/mol. The van der Waals surface area contributed by atoms with Crippen molar-refractivity contribution in [2.45, 2.75) is 39.5 Å². The summed E-state index contributed by atoms with van der Waals surface area (Å²) in [5, 5.41) is 0. The van der Waals surface area contributed by atoms with Crippen LogP contribution in [-0.4, -0.2) is 0 Å². The molecule has 1 radical (unpaired) electrons. The minimum absolute atomic E-state index is 0.892. The predicted molar refractivity (Wildman–Crippen MR) is 93.6 cm³/mol. The smallest absolute Gasteiger partial charge is 0.0249 e. The molecule has 3 rings (SSSR count). The molecule has 0 heteroatoms. The highest BCUT2D eigenvalue weighted by atomic mass is 14.2. The SMILES string of the molecule is Cc1ccc(C#Cc2ccc([C]3CCC(C)CC3)cc2)cc1. The Hall–Kier alpha value is -2.00. The summed E-state index contributed by atoms with van der Waals surface area (Å²) in [6, 6.07) is 17.2. The van der Waals surface area contributed by atoms with Crippen molar-refractivity contribution in [3.05, 3.63) is 76.7 Å². The first-order valence-electron chi connectivity index (χ1n) is 8.24. The molecule has 0 atom stereocenters. The zero-order valence-electron chi connectivity index (χ0n) is 13.5. The van der Waals surface area contributed by atoms with Crippen molar-refractivity contribution in [2.75, 3.05) is 0 Å². The summed E-state index contributed by atoms with van der Waals surface area (Å²) in [6.45, 7) is 4.46. The van der Waals surface area contributed by atoms with Crippen LogP contribution in [0.4, 0.5) is 0 Å². The van der Waals surface area contributed by atoms with Crippen LogP contribution in [0.3, 0.4) is 0 Å².